The third kappa shape index (κ3) is 3.67. The second kappa shape index (κ2) is 7.19. The highest BCUT2D eigenvalue weighted by Crippen LogP contribution is 2.38. The fraction of sp³-hybridized carbons (Fsp3) is 0.227. The van der Waals surface area contributed by atoms with E-state index in [1.54, 1.807) is 44.6 Å². The normalized spacial score (nSPS) is 14.5. The van der Waals surface area contributed by atoms with Crippen molar-refractivity contribution in [2.45, 2.75) is 19.4 Å². The van der Waals surface area contributed by atoms with E-state index in [0.717, 1.165) is 0 Å². The van der Waals surface area contributed by atoms with Crippen LogP contribution in [0.4, 0.5) is 0 Å². The van der Waals surface area contributed by atoms with Crippen molar-refractivity contribution < 1.29 is 24.1 Å². The molecule has 0 saturated carbocycles. The smallest absolute Gasteiger partial charge is 0.189 e. The molecule has 1 heterocycles. The summed E-state index contributed by atoms with van der Waals surface area (Å²) in [6.45, 7) is 3.85. The summed E-state index contributed by atoms with van der Waals surface area (Å²) in [4.78, 5) is 12.6. The van der Waals surface area contributed by atoms with E-state index in [0.29, 0.717) is 28.4 Å². The molecule has 0 fully saturated rings. The Morgan fingerprint density at radius 3 is 2.63 bits per heavy atom. The average Bonchev–Trinajstić information content (AvgIpc) is 2.65. The molecular formula is C22H22O5. The van der Waals surface area contributed by atoms with Crippen molar-refractivity contribution in [2.24, 2.45) is 0 Å². The van der Waals surface area contributed by atoms with Crippen LogP contribution in [0, 0.1) is 0 Å². The van der Waals surface area contributed by atoms with Gasteiger partial charge in [0.05, 0.1) is 25.3 Å². The second-order valence-corrected chi connectivity index (χ2v) is 6.69. The molecule has 0 saturated heterocycles. The van der Waals surface area contributed by atoms with Crippen molar-refractivity contribution in [3.8, 4) is 23.0 Å². The Labute approximate surface area is 158 Å². The van der Waals surface area contributed by atoms with Crippen LogP contribution in [-0.4, -0.2) is 30.7 Å². The van der Waals surface area contributed by atoms with Crippen molar-refractivity contribution in [1.82, 2.24) is 0 Å². The Morgan fingerprint density at radius 1 is 1.15 bits per heavy atom. The van der Waals surface area contributed by atoms with Crippen LogP contribution < -0.4 is 14.2 Å². The first kappa shape index (κ1) is 18.6. The van der Waals surface area contributed by atoms with Crippen LogP contribution in [0.25, 0.3) is 12.2 Å². The lowest BCUT2D eigenvalue weighted by atomic mass is 9.98. The molecule has 0 atom stereocenters. The minimum Gasteiger partial charge on any atom is -0.506 e. The Hall–Kier alpha value is -3.21. The fourth-order valence-electron chi connectivity index (χ4n) is 2.94. The topological polar surface area (TPSA) is 65.0 Å². The number of ether oxygens (including phenoxy) is 3. The van der Waals surface area contributed by atoms with Crippen LogP contribution in [0.5, 0.6) is 23.0 Å². The van der Waals surface area contributed by atoms with Gasteiger partial charge >= 0.3 is 0 Å². The van der Waals surface area contributed by atoms with Gasteiger partial charge in [0.15, 0.2) is 17.3 Å². The molecule has 0 amide bonds. The lowest BCUT2D eigenvalue weighted by Gasteiger charge is -2.28. The quantitative estimate of drug-likeness (QED) is 0.624. The lowest BCUT2D eigenvalue weighted by molar-refractivity contribution is 0.104. The highest BCUT2D eigenvalue weighted by atomic mass is 16.5. The molecule has 0 radical (unpaired) electrons. The van der Waals surface area contributed by atoms with E-state index < -0.39 is 5.60 Å². The molecule has 3 rings (SSSR count). The van der Waals surface area contributed by atoms with Gasteiger partial charge in [-0.05, 0) is 56.4 Å². The first-order valence-corrected chi connectivity index (χ1v) is 8.54. The molecule has 0 bridgehead atoms. The highest BCUT2D eigenvalue weighted by molar-refractivity contribution is 6.09. The van der Waals surface area contributed by atoms with Gasteiger partial charge in [-0.1, -0.05) is 12.1 Å². The van der Waals surface area contributed by atoms with Crippen LogP contribution in [0.1, 0.15) is 35.3 Å². The van der Waals surface area contributed by atoms with Gasteiger partial charge < -0.3 is 19.3 Å². The molecule has 1 aliphatic heterocycles. The van der Waals surface area contributed by atoms with E-state index in [4.69, 9.17) is 14.2 Å². The van der Waals surface area contributed by atoms with Gasteiger partial charge in [-0.25, -0.2) is 0 Å². The summed E-state index contributed by atoms with van der Waals surface area (Å²) in [5, 5.41) is 10.5. The number of hydrogen-bond acceptors (Lipinski definition) is 5. The van der Waals surface area contributed by atoms with E-state index in [2.05, 4.69) is 0 Å². The summed E-state index contributed by atoms with van der Waals surface area (Å²) in [7, 11) is 3.10. The van der Waals surface area contributed by atoms with Crippen molar-refractivity contribution in [1.29, 1.82) is 0 Å². The molecule has 27 heavy (non-hydrogen) atoms. The molecule has 0 aliphatic carbocycles. The largest absolute Gasteiger partial charge is 0.506 e. The van der Waals surface area contributed by atoms with Crippen molar-refractivity contribution in [3.05, 3.63) is 59.2 Å². The van der Waals surface area contributed by atoms with Crippen molar-refractivity contribution in [2.75, 3.05) is 14.2 Å². The van der Waals surface area contributed by atoms with Gasteiger partial charge in [-0.3, -0.25) is 4.79 Å². The minimum atomic E-state index is -0.451. The zero-order valence-electron chi connectivity index (χ0n) is 15.8. The fourth-order valence-corrected chi connectivity index (χ4v) is 2.94. The summed E-state index contributed by atoms with van der Waals surface area (Å²) in [6.07, 6.45) is 6.66. The number of fused-ring (bicyclic) bond motifs is 1. The predicted molar refractivity (Wildman–Crippen MR) is 105 cm³/mol. The monoisotopic (exact) mass is 366 g/mol. The van der Waals surface area contributed by atoms with Gasteiger partial charge in [0.25, 0.3) is 0 Å². The maximum atomic E-state index is 12.6. The summed E-state index contributed by atoms with van der Waals surface area (Å²) in [5.74, 6) is 1.26. The second-order valence-electron chi connectivity index (χ2n) is 6.69. The third-order valence-electron chi connectivity index (χ3n) is 4.31. The summed E-state index contributed by atoms with van der Waals surface area (Å²) in [6, 6.07) is 8.68. The summed E-state index contributed by atoms with van der Waals surface area (Å²) in [5.41, 5.74) is 0.966. The van der Waals surface area contributed by atoms with Gasteiger partial charge in [0.1, 0.15) is 17.1 Å². The van der Waals surface area contributed by atoms with Gasteiger partial charge in [-0.15, -0.1) is 0 Å². The maximum Gasteiger partial charge on any atom is 0.189 e. The Kier molecular flexibility index (Phi) is 4.95. The van der Waals surface area contributed by atoms with Crippen molar-refractivity contribution >= 4 is 17.9 Å². The van der Waals surface area contributed by atoms with Gasteiger partial charge in [-0.2, -0.15) is 0 Å². The van der Waals surface area contributed by atoms with E-state index in [1.165, 1.54) is 6.08 Å². The number of methoxy groups -OCH3 is 2. The Morgan fingerprint density at radius 2 is 1.93 bits per heavy atom. The van der Waals surface area contributed by atoms with Crippen LogP contribution in [0.2, 0.25) is 0 Å². The van der Waals surface area contributed by atoms with Crippen LogP contribution in [0.3, 0.4) is 0 Å². The van der Waals surface area contributed by atoms with E-state index >= 15 is 0 Å². The molecule has 1 aliphatic rings. The number of ketones is 1. The number of benzene rings is 2. The number of carbonyl (C=O) groups excluding carboxylic acids is 1. The molecule has 5 nitrogen and oxygen atoms in total. The molecule has 140 valence electrons. The molecule has 5 heteroatoms. The van der Waals surface area contributed by atoms with E-state index in [1.807, 2.05) is 32.1 Å². The molecule has 0 spiro atoms. The third-order valence-corrected chi connectivity index (χ3v) is 4.31. The first-order chi connectivity index (χ1) is 12.9. The number of para-hydroxylation sites is 1. The van der Waals surface area contributed by atoms with Crippen LogP contribution in [-0.2, 0) is 0 Å². The zero-order valence-corrected chi connectivity index (χ0v) is 15.8. The number of hydrogen-bond donors (Lipinski definition) is 1. The first-order valence-electron chi connectivity index (χ1n) is 8.54. The van der Waals surface area contributed by atoms with Crippen molar-refractivity contribution in [3.63, 3.8) is 0 Å². The molecule has 1 N–H and O–H groups in total. The minimum absolute atomic E-state index is 0.0912. The molecule has 2 aromatic rings. The standard InChI is InChI=1S/C22H22O5/c1-22(2)13-12-16-18(27-22)11-9-15(20(16)24)17(23)10-8-14-6-5-7-19(25-3)21(14)26-4/h5-13,24H,1-4H3/b10-8+. The Balaban J connectivity index is 1.91. The Bertz CT molecular complexity index is 938. The number of aromatic hydroxyl groups is 1. The molecule has 2 aromatic carbocycles. The number of carbonyl (C=O) groups is 1. The highest BCUT2D eigenvalue weighted by Gasteiger charge is 2.25. The van der Waals surface area contributed by atoms with Gasteiger partial charge in [0.2, 0.25) is 0 Å². The number of rotatable bonds is 5. The maximum absolute atomic E-state index is 12.6. The lowest BCUT2D eigenvalue weighted by Crippen LogP contribution is -2.27. The predicted octanol–water partition coefficient (Wildman–Crippen LogP) is 4.49. The molecular weight excluding hydrogens is 344 g/mol. The summed E-state index contributed by atoms with van der Waals surface area (Å²) < 4.78 is 16.4. The van der Waals surface area contributed by atoms with Gasteiger partial charge in [0, 0.05) is 5.56 Å². The SMILES string of the molecule is COc1cccc(/C=C/C(=O)c2ccc3c(c2O)C=CC(C)(C)O3)c1OC. The van der Waals surface area contributed by atoms with Crippen LogP contribution >= 0.6 is 0 Å². The number of allylic oxidation sites excluding steroid dienone is 1. The van der Waals surface area contributed by atoms with Crippen LogP contribution in [0.15, 0.2) is 42.5 Å². The molecule has 0 unspecified atom stereocenters. The van der Waals surface area contributed by atoms with E-state index in [-0.39, 0.29) is 17.1 Å². The zero-order chi connectivity index (χ0) is 19.6. The average molecular weight is 366 g/mol. The van der Waals surface area contributed by atoms with E-state index in [9.17, 15) is 9.90 Å². The number of phenols is 1. The molecule has 0 aromatic heterocycles. The summed E-state index contributed by atoms with van der Waals surface area (Å²) >= 11 is 0. The number of phenolic OH excluding ortho intramolecular Hbond substituents is 1.